The van der Waals surface area contributed by atoms with Crippen LogP contribution in [0.3, 0.4) is 0 Å². The van der Waals surface area contributed by atoms with E-state index in [1.54, 1.807) is 6.92 Å². The molecule has 2 aromatic rings. The van der Waals surface area contributed by atoms with Crippen molar-refractivity contribution < 1.29 is 9.59 Å². The van der Waals surface area contributed by atoms with Crippen LogP contribution in [0.4, 0.5) is 0 Å². The van der Waals surface area contributed by atoms with Gasteiger partial charge in [-0.05, 0) is 49.6 Å². The average molecular weight is 326 g/mol. The summed E-state index contributed by atoms with van der Waals surface area (Å²) in [5.74, 6) is -0.232. The van der Waals surface area contributed by atoms with E-state index in [2.05, 4.69) is 15.6 Å². The van der Waals surface area contributed by atoms with E-state index in [1.165, 1.54) is 10.1 Å². The lowest BCUT2D eigenvalue weighted by molar-refractivity contribution is -0.135. The van der Waals surface area contributed by atoms with E-state index in [0.717, 1.165) is 25.1 Å². The molecule has 2 N–H and O–H groups in total. The molecular weight excluding hydrogens is 308 g/mol. The van der Waals surface area contributed by atoms with Gasteiger partial charge in [0.1, 0.15) is 11.9 Å². The Morgan fingerprint density at radius 3 is 2.79 bits per heavy atom. The third-order valence-electron chi connectivity index (χ3n) is 4.81. The summed E-state index contributed by atoms with van der Waals surface area (Å²) < 4.78 is 1.42. The molecule has 0 aliphatic carbocycles. The SMILES string of the molecule is Cc1nc2cc3c(cc2c(=O)n1[C@@H]1CCC(=O)NC1=O)CNCC3. The number of hydrogen-bond donors (Lipinski definition) is 2. The van der Waals surface area contributed by atoms with Gasteiger partial charge in [-0.1, -0.05) is 0 Å². The number of aryl methyl sites for hydroxylation is 1. The number of hydrogen-bond acceptors (Lipinski definition) is 5. The molecule has 0 bridgehead atoms. The lowest BCUT2D eigenvalue weighted by Gasteiger charge is -2.25. The molecule has 0 unspecified atom stereocenters. The summed E-state index contributed by atoms with van der Waals surface area (Å²) in [7, 11) is 0. The highest BCUT2D eigenvalue weighted by Gasteiger charge is 2.30. The van der Waals surface area contributed by atoms with E-state index in [-0.39, 0.29) is 17.9 Å². The molecule has 24 heavy (non-hydrogen) atoms. The average Bonchev–Trinajstić information content (AvgIpc) is 2.55. The van der Waals surface area contributed by atoms with Crippen LogP contribution in [0, 0.1) is 6.92 Å². The first-order chi connectivity index (χ1) is 11.5. The van der Waals surface area contributed by atoms with Crippen LogP contribution in [0.1, 0.15) is 35.8 Å². The Bertz CT molecular complexity index is 932. The molecule has 2 aliphatic heterocycles. The Labute approximate surface area is 138 Å². The van der Waals surface area contributed by atoms with E-state index in [4.69, 9.17) is 0 Å². The number of imide groups is 1. The number of fused-ring (bicyclic) bond motifs is 2. The molecule has 0 saturated carbocycles. The maximum atomic E-state index is 13.0. The third-order valence-corrected chi connectivity index (χ3v) is 4.81. The highest BCUT2D eigenvalue weighted by molar-refractivity contribution is 5.99. The maximum absolute atomic E-state index is 13.0. The van der Waals surface area contributed by atoms with Gasteiger partial charge >= 0.3 is 0 Å². The fourth-order valence-electron chi connectivity index (χ4n) is 3.58. The highest BCUT2D eigenvalue weighted by atomic mass is 16.2. The number of carbonyl (C=O) groups is 2. The predicted octanol–water partition coefficient (Wildman–Crippen LogP) is 0.328. The molecule has 0 spiro atoms. The molecule has 7 nitrogen and oxygen atoms in total. The van der Waals surface area contributed by atoms with E-state index in [0.29, 0.717) is 23.1 Å². The number of carbonyl (C=O) groups excluding carboxylic acids is 2. The van der Waals surface area contributed by atoms with Gasteiger partial charge in [-0.3, -0.25) is 24.3 Å². The van der Waals surface area contributed by atoms with Crippen molar-refractivity contribution in [3.8, 4) is 0 Å². The first kappa shape index (κ1) is 15.0. The van der Waals surface area contributed by atoms with Crippen molar-refractivity contribution in [3.05, 3.63) is 39.4 Å². The molecule has 1 fully saturated rings. The van der Waals surface area contributed by atoms with Crippen molar-refractivity contribution in [2.75, 3.05) is 6.54 Å². The molecule has 1 atom stereocenters. The summed E-state index contributed by atoms with van der Waals surface area (Å²) in [5, 5.41) is 6.12. The fourth-order valence-corrected chi connectivity index (χ4v) is 3.58. The second kappa shape index (κ2) is 5.52. The first-order valence-electron chi connectivity index (χ1n) is 8.13. The minimum absolute atomic E-state index is 0.222. The number of piperidine rings is 1. The van der Waals surface area contributed by atoms with Crippen LogP contribution in [0.5, 0.6) is 0 Å². The zero-order chi connectivity index (χ0) is 16.8. The van der Waals surface area contributed by atoms with Gasteiger partial charge in [-0.25, -0.2) is 4.98 Å². The van der Waals surface area contributed by atoms with Gasteiger partial charge in [0.15, 0.2) is 0 Å². The molecule has 1 aromatic heterocycles. The van der Waals surface area contributed by atoms with Gasteiger partial charge in [0.05, 0.1) is 10.9 Å². The zero-order valence-electron chi connectivity index (χ0n) is 13.4. The van der Waals surface area contributed by atoms with Gasteiger partial charge in [-0.15, -0.1) is 0 Å². The summed E-state index contributed by atoms with van der Waals surface area (Å²) in [6, 6.07) is 3.18. The van der Waals surface area contributed by atoms with E-state index in [9.17, 15) is 14.4 Å². The number of rotatable bonds is 1. The topological polar surface area (TPSA) is 93.1 Å². The molecule has 0 radical (unpaired) electrons. The van der Waals surface area contributed by atoms with Crippen LogP contribution in [-0.4, -0.2) is 27.9 Å². The standard InChI is InChI=1S/C17H18N4O3/c1-9-19-13-7-10-4-5-18-8-11(10)6-12(13)17(24)21(9)14-2-3-15(22)20-16(14)23/h6-7,14,18H,2-5,8H2,1H3,(H,20,22,23)/t14-/m1/s1. The van der Waals surface area contributed by atoms with Gasteiger partial charge in [-0.2, -0.15) is 0 Å². The second-order valence-electron chi connectivity index (χ2n) is 6.37. The molecular formula is C17H18N4O3. The zero-order valence-corrected chi connectivity index (χ0v) is 13.4. The van der Waals surface area contributed by atoms with Crippen molar-refractivity contribution in [3.63, 3.8) is 0 Å². The molecule has 124 valence electrons. The van der Waals surface area contributed by atoms with Crippen LogP contribution in [0.25, 0.3) is 10.9 Å². The van der Waals surface area contributed by atoms with Crippen LogP contribution in [-0.2, 0) is 22.6 Å². The summed E-state index contributed by atoms with van der Waals surface area (Å²) in [6.07, 6.45) is 1.47. The summed E-state index contributed by atoms with van der Waals surface area (Å²) >= 11 is 0. The number of aromatic nitrogens is 2. The summed E-state index contributed by atoms with van der Waals surface area (Å²) in [6.45, 7) is 3.38. The predicted molar refractivity (Wildman–Crippen MR) is 87.6 cm³/mol. The van der Waals surface area contributed by atoms with Crippen LogP contribution < -0.4 is 16.2 Å². The fraction of sp³-hybridized carbons (Fsp3) is 0.412. The van der Waals surface area contributed by atoms with Crippen molar-refractivity contribution in [2.24, 2.45) is 0 Å². The van der Waals surface area contributed by atoms with Gasteiger partial charge in [0.2, 0.25) is 11.8 Å². The van der Waals surface area contributed by atoms with Gasteiger partial charge in [0, 0.05) is 13.0 Å². The molecule has 2 aliphatic rings. The molecule has 1 saturated heterocycles. The highest BCUT2D eigenvalue weighted by Crippen LogP contribution is 2.23. The van der Waals surface area contributed by atoms with Crippen molar-refractivity contribution in [1.29, 1.82) is 0 Å². The van der Waals surface area contributed by atoms with E-state index < -0.39 is 11.9 Å². The molecule has 4 rings (SSSR count). The van der Waals surface area contributed by atoms with Gasteiger partial charge < -0.3 is 5.32 Å². The van der Waals surface area contributed by atoms with E-state index >= 15 is 0 Å². The quantitative estimate of drug-likeness (QED) is 0.737. The number of amides is 2. The third kappa shape index (κ3) is 2.32. The number of nitrogens with zero attached hydrogens (tertiary/aromatic N) is 2. The largest absolute Gasteiger partial charge is 0.312 e. The second-order valence-corrected chi connectivity index (χ2v) is 6.37. The normalized spacial score (nSPS) is 20.8. The smallest absolute Gasteiger partial charge is 0.262 e. The first-order valence-corrected chi connectivity index (χ1v) is 8.13. The number of benzene rings is 1. The monoisotopic (exact) mass is 326 g/mol. The minimum atomic E-state index is -0.679. The molecule has 7 heteroatoms. The maximum Gasteiger partial charge on any atom is 0.262 e. The Balaban J connectivity index is 1.89. The van der Waals surface area contributed by atoms with Gasteiger partial charge in [0.25, 0.3) is 5.56 Å². The lowest BCUT2D eigenvalue weighted by Crippen LogP contribution is -2.45. The minimum Gasteiger partial charge on any atom is -0.312 e. The Morgan fingerprint density at radius 1 is 1.17 bits per heavy atom. The number of nitrogens with one attached hydrogen (secondary N) is 2. The van der Waals surface area contributed by atoms with Crippen LogP contribution in [0.2, 0.25) is 0 Å². The Hall–Kier alpha value is -2.54. The molecule has 3 heterocycles. The summed E-state index contributed by atoms with van der Waals surface area (Å²) in [4.78, 5) is 41.0. The molecule has 2 amide bonds. The lowest BCUT2D eigenvalue weighted by atomic mass is 9.98. The van der Waals surface area contributed by atoms with Crippen molar-refractivity contribution in [1.82, 2.24) is 20.2 Å². The Kier molecular flexibility index (Phi) is 3.45. The van der Waals surface area contributed by atoms with Crippen molar-refractivity contribution >= 4 is 22.7 Å². The summed E-state index contributed by atoms with van der Waals surface area (Å²) in [5.41, 5.74) is 2.76. The van der Waals surface area contributed by atoms with E-state index in [1.807, 2.05) is 12.1 Å². The van der Waals surface area contributed by atoms with Crippen LogP contribution >= 0.6 is 0 Å². The van der Waals surface area contributed by atoms with Crippen molar-refractivity contribution in [2.45, 2.75) is 38.8 Å². The molecule has 1 aromatic carbocycles. The Morgan fingerprint density at radius 2 is 2.00 bits per heavy atom. The van der Waals surface area contributed by atoms with Crippen LogP contribution in [0.15, 0.2) is 16.9 Å².